The third-order valence-corrected chi connectivity index (χ3v) is 9.62. The lowest BCUT2D eigenvalue weighted by molar-refractivity contribution is -0.128. The van der Waals surface area contributed by atoms with Crippen molar-refractivity contribution in [1.82, 2.24) is 10.3 Å². The Balaban J connectivity index is 1.67. The lowest BCUT2D eigenvalue weighted by atomic mass is 9.91. The number of carbonyl (C=O) groups is 3. The van der Waals surface area contributed by atoms with Crippen LogP contribution in [0.1, 0.15) is 55.7 Å². The molecule has 1 N–H and O–H groups in total. The van der Waals surface area contributed by atoms with Gasteiger partial charge in [0, 0.05) is 54.0 Å². The first kappa shape index (κ1) is 33.9. The average Bonchev–Trinajstić information content (AvgIpc) is 3.41. The highest BCUT2D eigenvalue weighted by Crippen LogP contribution is 2.38. The van der Waals surface area contributed by atoms with Gasteiger partial charge in [-0.1, -0.05) is 29.8 Å². The summed E-state index contributed by atoms with van der Waals surface area (Å²) >= 11 is 6.56. The number of alkyl halides is 2. The maximum atomic E-state index is 15.1. The van der Waals surface area contributed by atoms with E-state index in [1.54, 1.807) is 12.1 Å². The summed E-state index contributed by atoms with van der Waals surface area (Å²) in [6.45, 7) is 0. The van der Waals surface area contributed by atoms with Crippen molar-refractivity contribution in [3.8, 4) is 6.07 Å². The summed E-state index contributed by atoms with van der Waals surface area (Å²) in [6.07, 6.45) is 0.935. The van der Waals surface area contributed by atoms with Crippen LogP contribution in [-0.2, 0) is 24.2 Å². The van der Waals surface area contributed by atoms with Gasteiger partial charge in [0.2, 0.25) is 17.7 Å². The molecule has 10 nitrogen and oxygen atoms in total. The molecule has 0 spiro atoms. The Kier molecular flexibility index (Phi) is 9.60. The predicted octanol–water partition coefficient (Wildman–Crippen LogP) is 5.11. The molecule has 0 bridgehead atoms. The van der Waals surface area contributed by atoms with E-state index in [1.807, 2.05) is 6.07 Å². The highest BCUT2D eigenvalue weighted by Gasteiger charge is 2.45. The minimum Gasteiger partial charge on any atom is -0.351 e. The van der Waals surface area contributed by atoms with Gasteiger partial charge in [-0.3, -0.25) is 24.2 Å². The summed E-state index contributed by atoms with van der Waals surface area (Å²) in [7, 11) is -4.03. The van der Waals surface area contributed by atoms with Crippen LogP contribution < -0.4 is 15.1 Å². The van der Waals surface area contributed by atoms with Crippen LogP contribution in [0.15, 0.2) is 65.7 Å². The van der Waals surface area contributed by atoms with Gasteiger partial charge in [-0.15, -0.1) is 0 Å². The number of anilines is 2. The zero-order chi connectivity index (χ0) is 34.1. The standard InChI is InChI=1S/C32H29ClF3N5O5S/c1-47(45,46)23-16-20(34)15-22(17-23)40(31(44)26-6-7-28(42)41(26)27-14-19(18-37)10-13-38-27)29(24-4-2-3-5-25(24)33)30(43)39-21-8-11-32(35,36)12-9-21/h2-5,10,13-17,21,26,29H,6-9,11-12H2,1H3,(H,39,43)/t26-,29-/m0/s1. The molecular formula is C32H29ClF3N5O5S. The number of aromatic nitrogens is 1. The molecule has 2 atom stereocenters. The number of hydrogen-bond acceptors (Lipinski definition) is 7. The lowest BCUT2D eigenvalue weighted by Crippen LogP contribution is -2.53. The molecular weight excluding hydrogens is 659 g/mol. The van der Waals surface area contributed by atoms with Gasteiger partial charge >= 0.3 is 0 Å². The molecule has 0 radical (unpaired) electrons. The topological polar surface area (TPSA) is 141 Å². The van der Waals surface area contributed by atoms with Crippen LogP contribution in [0.25, 0.3) is 0 Å². The number of halogens is 4. The number of nitriles is 1. The van der Waals surface area contributed by atoms with Gasteiger partial charge in [0.05, 0.1) is 16.5 Å². The van der Waals surface area contributed by atoms with E-state index in [1.165, 1.54) is 30.5 Å². The smallest absolute Gasteiger partial charge is 0.251 e. The van der Waals surface area contributed by atoms with E-state index in [4.69, 9.17) is 11.6 Å². The van der Waals surface area contributed by atoms with Gasteiger partial charge in [0.25, 0.3) is 5.91 Å². The van der Waals surface area contributed by atoms with Gasteiger partial charge in [-0.05, 0) is 55.7 Å². The normalized spacial score (nSPS) is 18.8. The Bertz CT molecular complexity index is 1880. The van der Waals surface area contributed by atoms with Crippen LogP contribution in [0.2, 0.25) is 5.02 Å². The van der Waals surface area contributed by atoms with Crippen LogP contribution in [0.4, 0.5) is 24.7 Å². The number of nitrogens with one attached hydrogen (secondary N) is 1. The maximum absolute atomic E-state index is 15.1. The Morgan fingerprint density at radius 2 is 1.83 bits per heavy atom. The summed E-state index contributed by atoms with van der Waals surface area (Å²) in [6, 6.07) is 9.69. The molecule has 2 fully saturated rings. The summed E-state index contributed by atoms with van der Waals surface area (Å²) < 4.78 is 68.1. The molecule has 15 heteroatoms. The second-order valence-electron chi connectivity index (χ2n) is 11.5. The number of hydrogen-bond donors (Lipinski definition) is 1. The minimum atomic E-state index is -4.03. The number of rotatable bonds is 8. The maximum Gasteiger partial charge on any atom is 0.251 e. The van der Waals surface area contributed by atoms with Crippen molar-refractivity contribution < 1.29 is 36.0 Å². The van der Waals surface area contributed by atoms with Crippen molar-refractivity contribution in [1.29, 1.82) is 5.26 Å². The van der Waals surface area contributed by atoms with E-state index in [9.17, 15) is 36.8 Å². The quantitative estimate of drug-likeness (QED) is 0.347. The second-order valence-corrected chi connectivity index (χ2v) is 13.9. The molecule has 3 amide bonds. The molecule has 5 rings (SSSR count). The summed E-state index contributed by atoms with van der Waals surface area (Å²) in [5.41, 5.74) is -0.0948. The molecule has 2 heterocycles. The highest BCUT2D eigenvalue weighted by molar-refractivity contribution is 7.90. The lowest BCUT2D eigenvalue weighted by Gasteiger charge is -2.37. The van der Waals surface area contributed by atoms with E-state index in [0.29, 0.717) is 0 Å². The third kappa shape index (κ3) is 7.41. The Labute approximate surface area is 274 Å². The fraction of sp³-hybridized carbons (Fsp3) is 0.344. The molecule has 0 unspecified atom stereocenters. The van der Waals surface area contributed by atoms with Crippen molar-refractivity contribution in [3.05, 3.63) is 82.8 Å². The Hall–Kier alpha value is -4.48. The monoisotopic (exact) mass is 687 g/mol. The predicted molar refractivity (Wildman–Crippen MR) is 166 cm³/mol. The van der Waals surface area contributed by atoms with Crippen LogP contribution in [-0.4, -0.2) is 55.4 Å². The summed E-state index contributed by atoms with van der Waals surface area (Å²) in [5, 5.41) is 12.2. The zero-order valence-electron chi connectivity index (χ0n) is 25.0. The number of benzene rings is 2. The van der Waals surface area contributed by atoms with Crippen molar-refractivity contribution in [2.24, 2.45) is 0 Å². The first-order valence-electron chi connectivity index (χ1n) is 14.6. The van der Waals surface area contributed by atoms with Crippen molar-refractivity contribution in [2.45, 2.75) is 67.5 Å². The molecule has 2 aromatic carbocycles. The van der Waals surface area contributed by atoms with Gasteiger partial charge in [0.1, 0.15) is 23.7 Å². The molecule has 1 aliphatic carbocycles. The van der Waals surface area contributed by atoms with E-state index < -0.39 is 75.2 Å². The molecule has 1 saturated heterocycles. The third-order valence-electron chi connectivity index (χ3n) is 8.19. The van der Waals surface area contributed by atoms with E-state index in [0.717, 1.165) is 34.3 Å². The first-order chi connectivity index (χ1) is 22.2. The zero-order valence-corrected chi connectivity index (χ0v) is 26.6. The van der Waals surface area contributed by atoms with Crippen molar-refractivity contribution >= 4 is 50.7 Å². The number of carbonyl (C=O) groups excluding carboxylic acids is 3. The summed E-state index contributed by atoms with van der Waals surface area (Å²) in [4.78, 5) is 47.8. The number of sulfone groups is 1. The Morgan fingerprint density at radius 1 is 1.13 bits per heavy atom. The van der Waals surface area contributed by atoms with Crippen LogP contribution in [0.3, 0.4) is 0 Å². The number of nitrogens with zero attached hydrogens (tertiary/aromatic N) is 4. The second kappa shape index (κ2) is 13.3. The fourth-order valence-corrected chi connectivity index (χ4v) is 6.75. The highest BCUT2D eigenvalue weighted by atomic mass is 35.5. The largest absolute Gasteiger partial charge is 0.351 e. The van der Waals surface area contributed by atoms with Gasteiger partial charge in [-0.25, -0.2) is 26.6 Å². The summed E-state index contributed by atoms with van der Waals surface area (Å²) in [5.74, 6) is -6.18. The first-order valence-corrected chi connectivity index (χ1v) is 16.9. The molecule has 1 saturated carbocycles. The number of amides is 3. The van der Waals surface area contributed by atoms with Crippen molar-refractivity contribution in [2.75, 3.05) is 16.1 Å². The van der Waals surface area contributed by atoms with Gasteiger partial charge in [0.15, 0.2) is 9.84 Å². The molecule has 3 aromatic rings. The molecule has 2 aliphatic rings. The molecule has 47 heavy (non-hydrogen) atoms. The molecule has 246 valence electrons. The minimum absolute atomic E-state index is 0.0113. The fourth-order valence-electron chi connectivity index (χ4n) is 5.85. The molecule has 1 aromatic heterocycles. The van der Waals surface area contributed by atoms with E-state index >= 15 is 4.39 Å². The van der Waals surface area contributed by atoms with E-state index in [2.05, 4.69) is 10.3 Å². The van der Waals surface area contributed by atoms with Crippen molar-refractivity contribution in [3.63, 3.8) is 0 Å². The van der Waals surface area contributed by atoms with Crippen LogP contribution in [0, 0.1) is 17.1 Å². The van der Waals surface area contributed by atoms with Gasteiger partial charge < -0.3 is 5.32 Å². The van der Waals surface area contributed by atoms with Crippen LogP contribution >= 0.6 is 11.6 Å². The van der Waals surface area contributed by atoms with Crippen LogP contribution in [0.5, 0.6) is 0 Å². The Morgan fingerprint density at radius 3 is 2.49 bits per heavy atom. The van der Waals surface area contributed by atoms with Gasteiger partial charge in [-0.2, -0.15) is 5.26 Å². The SMILES string of the molecule is CS(=O)(=O)c1cc(F)cc(N(C(=O)[C@@H]2CCC(=O)N2c2cc(C#N)ccn2)[C@H](C(=O)NC2CCC(F)(F)CC2)c2ccccc2Cl)c1. The number of pyridine rings is 1. The van der Waals surface area contributed by atoms with E-state index in [-0.39, 0.29) is 53.3 Å². The average molecular weight is 688 g/mol. The molecule has 1 aliphatic heterocycles.